The second-order valence-corrected chi connectivity index (χ2v) is 6.61. The Morgan fingerprint density at radius 2 is 2.05 bits per heavy atom. The normalized spacial score (nSPS) is 33.0. The first-order chi connectivity index (χ1) is 10.3. The van der Waals surface area contributed by atoms with E-state index in [0.717, 1.165) is 37.4 Å². The molecule has 2 heterocycles. The van der Waals surface area contributed by atoms with Crippen molar-refractivity contribution in [1.82, 2.24) is 9.80 Å². The summed E-state index contributed by atoms with van der Waals surface area (Å²) < 4.78 is 5.29. The molecule has 114 valence electrons. The Bertz CT molecular complexity index is 534. The number of hydrogen-bond acceptors (Lipinski definition) is 4. The van der Waals surface area contributed by atoms with E-state index < -0.39 is 0 Å². The van der Waals surface area contributed by atoms with Crippen LogP contribution in [0.3, 0.4) is 0 Å². The van der Waals surface area contributed by atoms with Crippen LogP contribution >= 0.6 is 0 Å². The molecule has 0 saturated carbocycles. The number of ether oxygens (including phenoxy) is 1. The minimum atomic E-state index is -0.372. The summed E-state index contributed by atoms with van der Waals surface area (Å²) in [4.78, 5) is 5.14. The highest BCUT2D eigenvalue weighted by Crippen LogP contribution is 2.37. The van der Waals surface area contributed by atoms with Gasteiger partial charge in [0.15, 0.2) is 0 Å². The van der Waals surface area contributed by atoms with Gasteiger partial charge in [0.25, 0.3) is 0 Å². The third-order valence-electron chi connectivity index (χ3n) is 5.55. The van der Waals surface area contributed by atoms with Crippen LogP contribution < -0.4 is 4.74 Å². The molecule has 0 bridgehead atoms. The Labute approximate surface area is 126 Å². The van der Waals surface area contributed by atoms with Gasteiger partial charge >= 0.3 is 0 Å². The maximum atomic E-state index is 10.7. The number of aliphatic hydroxyl groups is 1. The van der Waals surface area contributed by atoms with Crippen LogP contribution in [0, 0.1) is 0 Å². The van der Waals surface area contributed by atoms with E-state index in [2.05, 4.69) is 15.9 Å². The SMILES string of the molecule is COc1ccc2c(c1)C(O)C(N1CCN3CCCC3C1)C2. The van der Waals surface area contributed by atoms with Gasteiger partial charge in [0, 0.05) is 31.7 Å². The lowest BCUT2D eigenvalue weighted by molar-refractivity contribution is 0.0145. The van der Waals surface area contributed by atoms with Gasteiger partial charge in [-0.3, -0.25) is 9.80 Å². The molecule has 3 atom stereocenters. The van der Waals surface area contributed by atoms with E-state index in [1.807, 2.05) is 12.1 Å². The Morgan fingerprint density at radius 3 is 2.90 bits per heavy atom. The van der Waals surface area contributed by atoms with Crippen molar-refractivity contribution >= 4 is 0 Å². The molecule has 2 saturated heterocycles. The van der Waals surface area contributed by atoms with Crippen molar-refractivity contribution in [3.63, 3.8) is 0 Å². The zero-order valence-electron chi connectivity index (χ0n) is 12.7. The highest BCUT2D eigenvalue weighted by molar-refractivity contribution is 5.41. The van der Waals surface area contributed by atoms with Gasteiger partial charge in [0.2, 0.25) is 0 Å². The molecule has 4 rings (SSSR count). The van der Waals surface area contributed by atoms with E-state index in [4.69, 9.17) is 4.74 Å². The smallest absolute Gasteiger partial charge is 0.119 e. The number of benzene rings is 1. The largest absolute Gasteiger partial charge is 0.497 e. The molecule has 1 aromatic rings. The van der Waals surface area contributed by atoms with E-state index in [9.17, 15) is 5.11 Å². The van der Waals surface area contributed by atoms with Gasteiger partial charge in [-0.05, 0) is 49.1 Å². The Hall–Kier alpha value is -1.10. The van der Waals surface area contributed by atoms with Gasteiger partial charge in [-0.1, -0.05) is 6.07 Å². The molecule has 1 aliphatic carbocycles. The molecular formula is C17H24N2O2. The predicted molar refractivity (Wildman–Crippen MR) is 81.6 cm³/mol. The third kappa shape index (κ3) is 2.26. The van der Waals surface area contributed by atoms with Crippen LogP contribution in [0.5, 0.6) is 5.75 Å². The molecule has 0 aromatic heterocycles. The van der Waals surface area contributed by atoms with Gasteiger partial charge < -0.3 is 9.84 Å². The standard InChI is InChI=1S/C17H24N2O2/c1-21-14-5-4-12-9-16(17(20)15(12)10-14)19-8-7-18-6-2-3-13(18)11-19/h4-5,10,13,16-17,20H,2-3,6-9,11H2,1H3. The van der Waals surface area contributed by atoms with E-state index in [1.165, 1.54) is 24.9 Å². The van der Waals surface area contributed by atoms with Crippen LogP contribution in [0.1, 0.15) is 30.1 Å². The average molecular weight is 288 g/mol. The van der Waals surface area contributed by atoms with Crippen LogP contribution in [0.15, 0.2) is 18.2 Å². The van der Waals surface area contributed by atoms with Crippen molar-refractivity contribution in [2.24, 2.45) is 0 Å². The van der Waals surface area contributed by atoms with Crippen molar-refractivity contribution in [2.75, 3.05) is 33.3 Å². The number of rotatable bonds is 2. The summed E-state index contributed by atoms with van der Waals surface area (Å²) in [7, 11) is 1.68. The molecule has 2 fully saturated rings. The number of aliphatic hydroxyl groups excluding tert-OH is 1. The van der Waals surface area contributed by atoms with Gasteiger partial charge in [-0.15, -0.1) is 0 Å². The van der Waals surface area contributed by atoms with Crippen LogP contribution in [0.25, 0.3) is 0 Å². The maximum absolute atomic E-state index is 10.7. The number of nitrogens with zero attached hydrogens (tertiary/aromatic N) is 2. The van der Waals surface area contributed by atoms with E-state index in [0.29, 0.717) is 6.04 Å². The highest BCUT2D eigenvalue weighted by Gasteiger charge is 2.39. The van der Waals surface area contributed by atoms with Gasteiger partial charge in [0.05, 0.1) is 13.2 Å². The topological polar surface area (TPSA) is 35.9 Å². The third-order valence-corrected chi connectivity index (χ3v) is 5.55. The molecule has 0 spiro atoms. The summed E-state index contributed by atoms with van der Waals surface area (Å²) in [5.41, 5.74) is 2.34. The van der Waals surface area contributed by atoms with Crippen molar-refractivity contribution in [3.8, 4) is 5.75 Å². The Kier molecular flexibility index (Phi) is 3.40. The summed E-state index contributed by atoms with van der Waals surface area (Å²) in [6.45, 7) is 4.63. The summed E-state index contributed by atoms with van der Waals surface area (Å²) >= 11 is 0. The lowest BCUT2D eigenvalue weighted by Crippen LogP contribution is -2.54. The van der Waals surface area contributed by atoms with Crippen LogP contribution in [-0.2, 0) is 6.42 Å². The Morgan fingerprint density at radius 1 is 1.19 bits per heavy atom. The zero-order valence-corrected chi connectivity index (χ0v) is 12.7. The zero-order chi connectivity index (χ0) is 14.4. The highest BCUT2D eigenvalue weighted by atomic mass is 16.5. The van der Waals surface area contributed by atoms with Gasteiger partial charge in [-0.25, -0.2) is 0 Å². The molecule has 4 nitrogen and oxygen atoms in total. The molecule has 4 heteroatoms. The lowest BCUT2D eigenvalue weighted by Gasteiger charge is -2.41. The number of methoxy groups -OCH3 is 1. The second kappa shape index (κ2) is 5.27. The van der Waals surface area contributed by atoms with Crippen LogP contribution in [0.2, 0.25) is 0 Å². The molecule has 3 aliphatic rings. The first kappa shape index (κ1) is 13.6. The molecule has 2 aliphatic heterocycles. The molecule has 3 unspecified atom stereocenters. The first-order valence-corrected chi connectivity index (χ1v) is 8.09. The predicted octanol–water partition coefficient (Wildman–Crippen LogP) is 1.43. The van der Waals surface area contributed by atoms with Crippen LogP contribution in [-0.4, -0.2) is 60.3 Å². The average Bonchev–Trinajstić information content (AvgIpc) is 3.11. The summed E-state index contributed by atoms with van der Waals surface area (Å²) in [5.74, 6) is 0.842. The lowest BCUT2D eigenvalue weighted by atomic mass is 10.1. The summed E-state index contributed by atoms with van der Waals surface area (Å²) in [6, 6.07) is 7.08. The molecule has 0 radical (unpaired) electrons. The summed E-state index contributed by atoms with van der Waals surface area (Å²) in [6.07, 6.45) is 3.25. The van der Waals surface area contributed by atoms with Crippen molar-refractivity contribution in [1.29, 1.82) is 0 Å². The minimum absolute atomic E-state index is 0.245. The monoisotopic (exact) mass is 288 g/mol. The number of hydrogen-bond donors (Lipinski definition) is 1. The second-order valence-electron chi connectivity index (χ2n) is 6.61. The molecule has 0 amide bonds. The Balaban J connectivity index is 1.52. The minimum Gasteiger partial charge on any atom is -0.497 e. The van der Waals surface area contributed by atoms with E-state index in [1.54, 1.807) is 7.11 Å². The van der Waals surface area contributed by atoms with Gasteiger partial charge in [0.1, 0.15) is 5.75 Å². The van der Waals surface area contributed by atoms with E-state index >= 15 is 0 Å². The van der Waals surface area contributed by atoms with Gasteiger partial charge in [-0.2, -0.15) is 0 Å². The first-order valence-electron chi connectivity index (χ1n) is 8.09. The molecule has 21 heavy (non-hydrogen) atoms. The van der Waals surface area contributed by atoms with Crippen molar-refractivity contribution < 1.29 is 9.84 Å². The van der Waals surface area contributed by atoms with Crippen molar-refractivity contribution in [2.45, 2.75) is 37.5 Å². The molecular weight excluding hydrogens is 264 g/mol. The number of fused-ring (bicyclic) bond motifs is 2. The molecule has 1 N–H and O–H groups in total. The fourth-order valence-corrected chi connectivity index (χ4v) is 4.35. The molecule has 1 aromatic carbocycles. The summed E-state index contributed by atoms with van der Waals surface area (Å²) in [5, 5.41) is 10.7. The number of piperazine rings is 1. The van der Waals surface area contributed by atoms with Crippen molar-refractivity contribution in [3.05, 3.63) is 29.3 Å². The fourth-order valence-electron chi connectivity index (χ4n) is 4.35. The van der Waals surface area contributed by atoms with Crippen LogP contribution in [0.4, 0.5) is 0 Å². The maximum Gasteiger partial charge on any atom is 0.119 e. The quantitative estimate of drug-likeness (QED) is 0.893. The fraction of sp³-hybridized carbons (Fsp3) is 0.647. The van der Waals surface area contributed by atoms with E-state index in [-0.39, 0.29) is 12.1 Å².